The van der Waals surface area contributed by atoms with Crippen LogP contribution in [0.3, 0.4) is 0 Å². The van der Waals surface area contributed by atoms with E-state index in [4.69, 9.17) is 4.42 Å². The summed E-state index contributed by atoms with van der Waals surface area (Å²) >= 11 is 0. The van der Waals surface area contributed by atoms with Crippen LogP contribution in [-0.4, -0.2) is 35.5 Å². The van der Waals surface area contributed by atoms with Crippen LogP contribution in [0.2, 0.25) is 0 Å². The Labute approximate surface area is 203 Å². The molecule has 2 aromatic heterocycles. The molecule has 0 unspecified atom stereocenters. The summed E-state index contributed by atoms with van der Waals surface area (Å²) in [5.41, 5.74) is 1.61. The lowest BCUT2D eigenvalue weighted by Gasteiger charge is -2.20. The average molecular weight is 497 g/mol. The van der Waals surface area contributed by atoms with E-state index >= 15 is 0 Å². The van der Waals surface area contributed by atoms with E-state index in [1.165, 1.54) is 46.6 Å². The largest absolute Gasteiger partial charge is 0.468 e. The number of aryl methyl sites for hydroxylation is 1. The van der Waals surface area contributed by atoms with Crippen LogP contribution in [0.5, 0.6) is 0 Å². The van der Waals surface area contributed by atoms with E-state index in [2.05, 4.69) is 10.4 Å². The summed E-state index contributed by atoms with van der Waals surface area (Å²) < 4.78 is 48.1. The highest BCUT2D eigenvalue weighted by molar-refractivity contribution is 7.89. The van der Waals surface area contributed by atoms with Crippen molar-refractivity contribution >= 4 is 21.6 Å². The molecule has 0 bridgehead atoms. The molecule has 0 aliphatic heterocycles. The second-order valence-electron chi connectivity index (χ2n) is 8.09. The van der Waals surface area contributed by atoms with Gasteiger partial charge in [-0.2, -0.15) is 9.40 Å². The minimum atomic E-state index is -3.94. The van der Waals surface area contributed by atoms with Crippen LogP contribution >= 0.6 is 0 Å². The van der Waals surface area contributed by atoms with E-state index in [9.17, 15) is 17.6 Å². The van der Waals surface area contributed by atoms with Gasteiger partial charge in [0.15, 0.2) is 6.04 Å². The first kappa shape index (κ1) is 24.4. The third-order valence-corrected chi connectivity index (χ3v) is 7.66. The van der Waals surface area contributed by atoms with Gasteiger partial charge in [0.05, 0.1) is 24.2 Å². The highest BCUT2D eigenvalue weighted by Gasteiger charge is 2.33. The van der Waals surface area contributed by atoms with E-state index in [1.807, 2.05) is 6.07 Å². The van der Waals surface area contributed by atoms with Crippen molar-refractivity contribution in [2.45, 2.75) is 31.3 Å². The molecule has 2 aromatic carbocycles. The molecule has 0 saturated heterocycles. The van der Waals surface area contributed by atoms with Gasteiger partial charge >= 0.3 is 0 Å². The van der Waals surface area contributed by atoms with Gasteiger partial charge in [-0.15, -0.1) is 0 Å². The number of nitrogens with one attached hydrogen (secondary N) is 1. The molecule has 1 amide bonds. The normalized spacial score (nSPS) is 12.6. The number of carbonyl (C=O) groups is 1. The fourth-order valence-corrected chi connectivity index (χ4v) is 5.41. The van der Waals surface area contributed by atoms with Crippen LogP contribution < -0.4 is 5.32 Å². The lowest BCUT2D eigenvalue weighted by molar-refractivity contribution is -0.118. The predicted octanol–water partition coefficient (Wildman–Crippen LogP) is 4.28. The predicted molar refractivity (Wildman–Crippen MR) is 129 cm³/mol. The molecule has 10 heteroatoms. The molecule has 8 nitrogen and oxygen atoms in total. The van der Waals surface area contributed by atoms with Gasteiger partial charge in [-0.25, -0.2) is 12.8 Å². The topological polar surface area (TPSA) is 97.4 Å². The molecule has 0 aliphatic carbocycles. The number of aromatic nitrogens is 2. The van der Waals surface area contributed by atoms with Gasteiger partial charge in [0, 0.05) is 12.7 Å². The van der Waals surface area contributed by atoms with Gasteiger partial charge in [0.1, 0.15) is 16.5 Å². The van der Waals surface area contributed by atoms with Crippen LogP contribution in [0.15, 0.2) is 82.3 Å². The summed E-state index contributed by atoms with van der Waals surface area (Å²) in [4.78, 5) is 13.5. The zero-order chi connectivity index (χ0) is 25.2. The SMILES string of the molecule is Cc1nn([C@H](C(=O)Nc2ccc(F)cc2)c2ccccc2)c(C)c1S(=O)(=O)N(C)Cc1ccco1. The van der Waals surface area contributed by atoms with Crippen molar-refractivity contribution < 1.29 is 22.0 Å². The molecule has 1 atom stereocenters. The van der Waals surface area contributed by atoms with E-state index in [0.29, 0.717) is 22.7 Å². The Morgan fingerprint density at radius 2 is 1.77 bits per heavy atom. The van der Waals surface area contributed by atoms with Crippen molar-refractivity contribution in [2.75, 3.05) is 12.4 Å². The zero-order valence-electron chi connectivity index (χ0n) is 19.5. The molecule has 2 heterocycles. The molecule has 0 aliphatic rings. The monoisotopic (exact) mass is 496 g/mol. The maximum Gasteiger partial charge on any atom is 0.253 e. The molecular weight excluding hydrogens is 471 g/mol. The molecule has 0 fully saturated rings. The summed E-state index contributed by atoms with van der Waals surface area (Å²) in [6.07, 6.45) is 1.48. The van der Waals surface area contributed by atoms with E-state index in [-0.39, 0.29) is 17.1 Å². The molecule has 4 aromatic rings. The molecule has 0 spiro atoms. The number of nitrogens with zero attached hydrogens (tertiary/aromatic N) is 3. The Morgan fingerprint density at radius 3 is 2.40 bits per heavy atom. The maximum atomic E-state index is 13.5. The number of hydrogen-bond donors (Lipinski definition) is 1. The summed E-state index contributed by atoms with van der Waals surface area (Å²) in [6, 6.07) is 16.7. The van der Waals surface area contributed by atoms with E-state index in [1.54, 1.807) is 50.2 Å². The van der Waals surface area contributed by atoms with Crippen molar-refractivity contribution in [1.82, 2.24) is 14.1 Å². The molecule has 182 valence electrons. The number of furan rings is 1. The summed E-state index contributed by atoms with van der Waals surface area (Å²) in [5, 5.41) is 7.25. The maximum absolute atomic E-state index is 13.5. The molecule has 0 saturated carbocycles. The third-order valence-electron chi connectivity index (χ3n) is 5.61. The highest BCUT2D eigenvalue weighted by Crippen LogP contribution is 2.29. The Kier molecular flexibility index (Phi) is 6.86. The second kappa shape index (κ2) is 9.85. The molecule has 0 radical (unpaired) electrons. The zero-order valence-corrected chi connectivity index (χ0v) is 20.3. The number of rotatable bonds is 8. The summed E-state index contributed by atoms with van der Waals surface area (Å²) in [5.74, 6) is -0.365. The quantitative estimate of drug-likeness (QED) is 0.393. The third kappa shape index (κ3) is 5.03. The number of carbonyl (C=O) groups excluding carboxylic acids is 1. The summed E-state index contributed by atoms with van der Waals surface area (Å²) in [6.45, 7) is 3.26. The number of amides is 1. The van der Waals surface area contributed by atoms with Gasteiger partial charge < -0.3 is 9.73 Å². The van der Waals surface area contributed by atoms with Crippen molar-refractivity contribution in [2.24, 2.45) is 0 Å². The van der Waals surface area contributed by atoms with Crippen molar-refractivity contribution in [3.05, 3.63) is 102 Å². The molecule has 4 rings (SSSR count). The number of halogens is 1. The van der Waals surface area contributed by atoms with Gasteiger partial charge in [0.25, 0.3) is 5.91 Å². The molecular formula is C25H25FN4O4S. The van der Waals surface area contributed by atoms with E-state index in [0.717, 1.165) is 0 Å². The van der Waals surface area contributed by atoms with Gasteiger partial charge in [-0.3, -0.25) is 9.48 Å². The van der Waals surface area contributed by atoms with Gasteiger partial charge in [-0.1, -0.05) is 30.3 Å². The van der Waals surface area contributed by atoms with Crippen molar-refractivity contribution in [1.29, 1.82) is 0 Å². The molecule has 1 N–H and O–H groups in total. The Morgan fingerprint density at radius 1 is 1.09 bits per heavy atom. The highest BCUT2D eigenvalue weighted by atomic mass is 32.2. The standard InChI is InChI=1S/C25H25FN4O4S/c1-17-24(35(32,33)29(3)16-22-10-7-15-34-22)18(2)30(28-17)23(19-8-5-4-6-9-19)25(31)27-21-13-11-20(26)12-14-21/h4-15,23H,16H2,1-3H3,(H,27,31)/t23-/m0/s1. The Balaban J connectivity index is 1.74. The lowest BCUT2D eigenvalue weighted by Crippen LogP contribution is -2.29. The number of benzene rings is 2. The van der Waals surface area contributed by atoms with Crippen molar-refractivity contribution in [3.8, 4) is 0 Å². The van der Waals surface area contributed by atoms with Crippen LogP contribution in [0, 0.1) is 19.7 Å². The summed E-state index contributed by atoms with van der Waals surface area (Å²) in [7, 11) is -2.48. The van der Waals surface area contributed by atoms with Crippen LogP contribution in [0.4, 0.5) is 10.1 Å². The average Bonchev–Trinajstić information content (AvgIpc) is 3.44. The van der Waals surface area contributed by atoms with E-state index < -0.39 is 27.8 Å². The number of hydrogen-bond acceptors (Lipinski definition) is 5. The van der Waals surface area contributed by atoms with Crippen LogP contribution in [0.1, 0.15) is 28.8 Å². The minimum absolute atomic E-state index is 0.0297. The van der Waals surface area contributed by atoms with Crippen LogP contribution in [-0.2, 0) is 21.4 Å². The first-order valence-electron chi connectivity index (χ1n) is 10.8. The smallest absolute Gasteiger partial charge is 0.253 e. The number of anilines is 1. The number of sulfonamides is 1. The Hall–Kier alpha value is -3.76. The second-order valence-corrected chi connectivity index (χ2v) is 10.1. The molecule has 35 heavy (non-hydrogen) atoms. The first-order chi connectivity index (χ1) is 16.7. The lowest BCUT2D eigenvalue weighted by atomic mass is 10.1. The van der Waals surface area contributed by atoms with Crippen molar-refractivity contribution in [3.63, 3.8) is 0 Å². The minimum Gasteiger partial charge on any atom is -0.468 e. The van der Waals surface area contributed by atoms with Crippen LogP contribution in [0.25, 0.3) is 0 Å². The first-order valence-corrected chi connectivity index (χ1v) is 12.3. The Bertz CT molecular complexity index is 1420. The fourth-order valence-electron chi connectivity index (χ4n) is 3.92. The van der Waals surface area contributed by atoms with Gasteiger partial charge in [-0.05, 0) is 55.8 Å². The fraction of sp³-hybridized carbons (Fsp3) is 0.200. The van der Waals surface area contributed by atoms with Gasteiger partial charge in [0.2, 0.25) is 10.0 Å².